The fourth-order valence-corrected chi connectivity index (χ4v) is 5.17. The van der Waals surface area contributed by atoms with Gasteiger partial charge in [-0.3, -0.25) is 24.0 Å². The lowest BCUT2D eigenvalue weighted by molar-refractivity contribution is -0.175. The SMILES string of the molecule is COc1ccc([C@H](NC(=O)[C@H](Cc2cccc(C#N)c2)NC(=O)c2cccc(OCC(=O)CNC(=O)OC(C)(C)C)c2)C(=O)N[C@H](C(=O)C(F)(F)F)C(C)C)cc1. The molecule has 0 saturated heterocycles. The zero-order valence-electron chi connectivity index (χ0n) is 32.1. The number of nitriles is 1. The molecule has 0 aliphatic carbocycles. The Hall–Kier alpha value is -6.44. The van der Waals surface area contributed by atoms with E-state index in [9.17, 15) is 47.2 Å². The predicted octanol–water partition coefficient (Wildman–Crippen LogP) is 4.51. The van der Waals surface area contributed by atoms with Gasteiger partial charge in [0.05, 0.1) is 31.3 Å². The van der Waals surface area contributed by atoms with Crippen LogP contribution in [0.4, 0.5) is 18.0 Å². The van der Waals surface area contributed by atoms with E-state index in [4.69, 9.17) is 14.2 Å². The summed E-state index contributed by atoms with van der Waals surface area (Å²) in [6.07, 6.45) is -6.26. The van der Waals surface area contributed by atoms with E-state index in [1.165, 1.54) is 81.6 Å². The summed E-state index contributed by atoms with van der Waals surface area (Å²) < 4.78 is 56.2. The number of methoxy groups -OCH3 is 1. The van der Waals surface area contributed by atoms with Gasteiger partial charge in [-0.15, -0.1) is 0 Å². The van der Waals surface area contributed by atoms with Crippen LogP contribution >= 0.6 is 0 Å². The highest BCUT2D eigenvalue weighted by molar-refractivity contribution is 5.99. The van der Waals surface area contributed by atoms with Crippen molar-refractivity contribution in [1.29, 1.82) is 5.26 Å². The number of benzene rings is 3. The summed E-state index contributed by atoms with van der Waals surface area (Å²) in [6.45, 7) is 6.77. The van der Waals surface area contributed by atoms with Gasteiger partial charge in [0.2, 0.25) is 11.8 Å². The van der Waals surface area contributed by atoms with Crippen LogP contribution in [0.2, 0.25) is 0 Å². The average molecular weight is 796 g/mol. The molecule has 4 amide bonds. The highest BCUT2D eigenvalue weighted by atomic mass is 19.4. The van der Waals surface area contributed by atoms with Gasteiger partial charge in [0.25, 0.3) is 11.7 Å². The molecule has 0 heterocycles. The van der Waals surface area contributed by atoms with Gasteiger partial charge >= 0.3 is 12.3 Å². The van der Waals surface area contributed by atoms with E-state index in [2.05, 4.69) is 21.3 Å². The summed E-state index contributed by atoms with van der Waals surface area (Å²) in [4.78, 5) is 77.9. The van der Waals surface area contributed by atoms with E-state index in [-0.39, 0.29) is 35.4 Å². The highest BCUT2D eigenvalue weighted by Crippen LogP contribution is 2.24. The van der Waals surface area contributed by atoms with Gasteiger partial charge in [0.1, 0.15) is 35.8 Å². The number of nitrogens with one attached hydrogen (secondary N) is 4. The molecule has 0 bridgehead atoms. The monoisotopic (exact) mass is 795 g/mol. The number of hydrogen-bond acceptors (Lipinski definition) is 10. The zero-order chi connectivity index (χ0) is 42.5. The zero-order valence-corrected chi connectivity index (χ0v) is 32.1. The smallest absolute Gasteiger partial charge is 0.452 e. The second kappa shape index (κ2) is 19.9. The Kier molecular flexibility index (Phi) is 15.7. The lowest BCUT2D eigenvalue weighted by Gasteiger charge is -2.27. The molecule has 14 nitrogen and oxygen atoms in total. The van der Waals surface area contributed by atoms with Crippen molar-refractivity contribution in [1.82, 2.24) is 21.3 Å². The molecular weight excluding hydrogens is 751 g/mol. The Labute approximate surface area is 327 Å². The van der Waals surface area contributed by atoms with Crippen LogP contribution in [-0.2, 0) is 30.3 Å². The van der Waals surface area contributed by atoms with E-state index in [0.29, 0.717) is 11.3 Å². The van der Waals surface area contributed by atoms with E-state index in [1.807, 2.05) is 6.07 Å². The standard InChI is InChI=1S/C40H44F3N5O9/c1-23(2)32(34(50)40(41,42)43)47-37(53)33(26-13-15-29(55-6)16-14-26)48-36(52)31(18-24-9-7-10-25(17-24)20-44)46-35(51)27-11-8-12-30(19-27)56-22-28(49)21-45-38(54)57-39(3,4)5/h7-17,19,23,31-33H,18,21-22H2,1-6H3,(H,45,54)(H,46,51)(H,47,53)(H,48,52)/t31-,32-,33-/m0/s1. The van der Waals surface area contributed by atoms with Gasteiger partial charge in [0, 0.05) is 12.0 Å². The summed E-state index contributed by atoms with van der Waals surface area (Å²) in [5, 5.41) is 19.0. The van der Waals surface area contributed by atoms with Crippen LogP contribution in [0.25, 0.3) is 0 Å². The van der Waals surface area contributed by atoms with Gasteiger partial charge in [-0.25, -0.2) is 4.79 Å². The number of ether oxygens (including phenoxy) is 3. The van der Waals surface area contributed by atoms with Gasteiger partial charge in [-0.1, -0.05) is 44.2 Å². The molecule has 304 valence electrons. The molecule has 0 saturated carbocycles. The maximum atomic E-state index is 14.1. The third kappa shape index (κ3) is 14.3. The van der Waals surface area contributed by atoms with Gasteiger partial charge < -0.3 is 35.5 Å². The topological polar surface area (TPSA) is 202 Å². The van der Waals surface area contributed by atoms with Crippen LogP contribution in [0.3, 0.4) is 0 Å². The number of halogens is 3. The fourth-order valence-electron chi connectivity index (χ4n) is 5.17. The van der Waals surface area contributed by atoms with Crippen LogP contribution in [-0.4, -0.2) is 79.5 Å². The van der Waals surface area contributed by atoms with Crippen LogP contribution in [0.15, 0.2) is 72.8 Å². The molecule has 0 spiro atoms. The predicted molar refractivity (Wildman–Crippen MR) is 199 cm³/mol. The van der Waals surface area contributed by atoms with E-state index in [1.54, 1.807) is 32.9 Å². The van der Waals surface area contributed by atoms with Crippen molar-refractivity contribution in [2.75, 3.05) is 20.3 Å². The van der Waals surface area contributed by atoms with Crippen LogP contribution in [0.1, 0.15) is 67.7 Å². The highest BCUT2D eigenvalue weighted by Gasteiger charge is 2.45. The van der Waals surface area contributed by atoms with Crippen LogP contribution in [0.5, 0.6) is 11.5 Å². The number of carbonyl (C=O) groups excluding carboxylic acids is 6. The Morgan fingerprint density at radius 3 is 2.09 bits per heavy atom. The second-order valence-electron chi connectivity index (χ2n) is 14.1. The Balaban J connectivity index is 1.89. The normalized spacial score (nSPS) is 12.9. The van der Waals surface area contributed by atoms with Gasteiger partial charge in [-0.05, 0) is 80.3 Å². The number of alkyl halides is 3. The molecule has 3 rings (SSSR count). The first kappa shape index (κ1) is 45.0. The van der Waals surface area contributed by atoms with E-state index >= 15 is 0 Å². The molecule has 57 heavy (non-hydrogen) atoms. The lowest BCUT2D eigenvalue weighted by atomic mass is 9.97. The van der Waals surface area contributed by atoms with Gasteiger partial charge in [-0.2, -0.15) is 18.4 Å². The molecule has 3 aromatic rings. The average Bonchev–Trinajstić information content (AvgIpc) is 3.15. The number of carbonyl (C=O) groups is 6. The number of ketones is 2. The van der Waals surface area contributed by atoms with E-state index in [0.717, 1.165) is 0 Å². The second-order valence-corrected chi connectivity index (χ2v) is 14.1. The summed E-state index contributed by atoms with van der Waals surface area (Å²) in [5.41, 5.74) is 0.0246. The lowest BCUT2D eigenvalue weighted by Crippen LogP contribution is -2.55. The van der Waals surface area contributed by atoms with Crippen LogP contribution in [0, 0.1) is 17.2 Å². The summed E-state index contributed by atoms with van der Waals surface area (Å²) >= 11 is 0. The van der Waals surface area contributed by atoms with Crippen LogP contribution < -0.4 is 30.7 Å². The number of alkyl carbamates (subject to hydrolysis) is 1. The van der Waals surface area contributed by atoms with Crippen molar-refractivity contribution in [3.63, 3.8) is 0 Å². The minimum absolute atomic E-state index is 0.00899. The molecule has 0 aliphatic heterocycles. The third-order valence-electron chi connectivity index (χ3n) is 7.97. The Bertz CT molecular complexity index is 1970. The van der Waals surface area contributed by atoms with Crippen molar-refractivity contribution in [2.45, 2.75) is 70.9 Å². The van der Waals surface area contributed by atoms with Crippen molar-refractivity contribution in [3.8, 4) is 17.6 Å². The van der Waals surface area contributed by atoms with Crippen molar-refractivity contribution in [2.24, 2.45) is 5.92 Å². The quantitative estimate of drug-likeness (QED) is 0.151. The summed E-state index contributed by atoms with van der Waals surface area (Å²) in [5.74, 6) is -6.08. The number of amides is 4. The summed E-state index contributed by atoms with van der Waals surface area (Å²) in [6, 6.07) is 14.4. The minimum atomic E-state index is -5.26. The number of nitrogens with zero attached hydrogens (tertiary/aromatic N) is 1. The molecule has 0 radical (unpaired) electrons. The molecular formula is C40H44F3N5O9. The Morgan fingerprint density at radius 1 is 0.825 bits per heavy atom. The van der Waals surface area contributed by atoms with Crippen molar-refractivity contribution < 1.29 is 56.1 Å². The molecule has 3 aromatic carbocycles. The maximum absolute atomic E-state index is 14.1. The number of hydrogen-bond donors (Lipinski definition) is 4. The third-order valence-corrected chi connectivity index (χ3v) is 7.97. The fraction of sp³-hybridized carbons (Fsp3) is 0.375. The largest absolute Gasteiger partial charge is 0.497 e. The van der Waals surface area contributed by atoms with Gasteiger partial charge in [0.15, 0.2) is 5.78 Å². The van der Waals surface area contributed by atoms with E-state index < -0.39 is 77.8 Å². The minimum Gasteiger partial charge on any atom is -0.497 e. The molecule has 4 N–H and O–H groups in total. The first-order chi connectivity index (χ1) is 26.7. The molecule has 3 atom stereocenters. The summed E-state index contributed by atoms with van der Waals surface area (Å²) in [7, 11) is 1.39. The number of Topliss-reactive ketones (excluding diaryl/α,β-unsaturated/α-hetero) is 2. The van der Waals surface area contributed by atoms with Crippen molar-refractivity contribution >= 4 is 35.4 Å². The van der Waals surface area contributed by atoms with Crippen molar-refractivity contribution in [3.05, 3.63) is 95.1 Å². The molecule has 0 fully saturated rings. The molecule has 0 aromatic heterocycles. The molecule has 17 heteroatoms. The first-order valence-corrected chi connectivity index (χ1v) is 17.6. The maximum Gasteiger partial charge on any atom is 0.452 e. The Morgan fingerprint density at radius 2 is 1.49 bits per heavy atom. The number of rotatable bonds is 17. The molecule has 0 aliphatic rings. The first-order valence-electron chi connectivity index (χ1n) is 17.6. The molecule has 0 unspecified atom stereocenters.